The Morgan fingerprint density at radius 2 is 0.682 bits per heavy atom. The Morgan fingerprint density at radius 3 is 0.977 bits per heavy atom. The fraction of sp³-hybridized carbons (Fsp3) is 0.450. The van der Waals surface area contributed by atoms with Crippen LogP contribution in [0.15, 0.2) is 60.7 Å². The maximum Gasteiger partial charge on any atom is 0.107 e. The zero-order chi connectivity index (χ0) is 31.9. The summed E-state index contributed by atoms with van der Waals surface area (Å²) in [5.41, 5.74) is 4.34. The van der Waals surface area contributed by atoms with Crippen LogP contribution in [0.25, 0.3) is 52.5 Å². The van der Waals surface area contributed by atoms with Crippen LogP contribution in [0.2, 0.25) is 33.2 Å². The van der Waals surface area contributed by atoms with Crippen molar-refractivity contribution in [2.45, 2.75) is 116 Å². The predicted octanol–water partition coefficient (Wildman–Crippen LogP) is 13.3. The Kier molecular flexibility index (Phi) is 8.26. The van der Waals surface area contributed by atoms with E-state index in [-0.39, 0.29) is 0 Å². The van der Waals surface area contributed by atoms with Crippen molar-refractivity contribution in [2.24, 2.45) is 0 Å². The van der Waals surface area contributed by atoms with Crippen LogP contribution < -0.4 is 9.00 Å². The van der Waals surface area contributed by atoms with Crippen molar-refractivity contribution in [3.05, 3.63) is 60.7 Å². The summed E-state index contributed by atoms with van der Waals surface area (Å²) >= 11 is 4.18. The smallest absolute Gasteiger partial charge is 0.107 e. The van der Waals surface area contributed by atoms with Crippen molar-refractivity contribution in [1.29, 1.82) is 0 Å². The van der Waals surface area contributed by atoms with E-state index in [0.29, 0.717) is 0 Å². The van der Waals surface area contributed by atoms with Gasteiger partial charge in [-0.25, -0.2) is 0 Å². The van der Waals surface area contributed by atoms with Gasteiger partial charge in [0.2, 0.25) is 0 Å². The van der Waals surface area contributed by atoms with Crippen molar-refractivity contribution in [1.82, 2.24) is 0 Å². The maximum atomic E-state index is 2.59. The highest BCUT2D eigenvalue weighted by atomic mass is 32.1. The Balaban J connectivity index is 1.56. The normalized spacial score (nSPS) is 13.8. The summed E-state index contributed by atoms with van der Waals surface area (Å²) in [5.74, 6) is 0. The van der Waals surface area contributed by atoms with Crippen molar-refractivity contribution in [3.63, 3.8) is 0 Å². The summed E-state index contributed by atoms with van der Waals surface area (Å²) in [6.07, 6.45) is 0. The molecule has 0 fully saturated rings. The fourth-order valence-electron chi connectivity index (χ4n) is 10.1. The molecule has 44 heavy (non-hydrogen) atoms. The lowest BCUT2D eigenvalue weighted by Gasteiger charge is -2.42. The third-order valence-corrected chi connectivity index (χ3v) is 29.7. The van der Waals surface area contributed by atoms with Gasteiger partial charge in [0, 0.05) is 9.40 Å². The van der Waals surface area contributed by atoms with Crippen LogP contribution in [0.5, 0.6) is 0 Å². The molecule has 232 valence electrons. The molecule has 0 nitrogen and oxygen atoms in total. The number of thiophene rings is 2. The molecule has 0 aliphatic heterocycles. The highest BCUT2D eigenvalue weighted by Crippen LogP contribution is 2.46. The van der Waals surface area contributed by atoms with E-state index >= 15 is 0 Å². The first-order valence-corrected chi connectivity index (χ1v) is 23.1. The van der Waals surface area contributed by atoms with Gasteiger partial charge in [0.25, 0.3) is 0 Å². The van der Waals surface area contributed by atoms with Gasteiger partial charge in [-0.15, -0.1) is 22.7 Å². The fourth-order valence-corrected chi connectivity index (χ4v) is 30.3. The number of benzene rings is 4. The highest BCUT2D eigenvalue weighted by Gasteiger charge is 2.46. The Bertz CT molecular complexity index is 1810. The van der Waals surface area contributed by atoms with E-state index in [1.807, 2.05) is 0 Å². The predicted molar refractivity (Wildman–Crippen MR) is 211 cm³/mol. The lowest BCUT2D eigenvalue weighted by atomic mass is 9.96. The first-order valence-electron chi connectivity index (χ1n) is 17.0. The SMILES string of the molecule is CC(C)[Si](c1cc2cc3c(ccc4c5cc6cc([Si](C(C)C)(C(C)C)C(C)C)sc6cc5ccc34)cc2s1)(C(C)C)C(C)C. The summed E-state index contributed by atoms with van der Waals surface area (Å²) in [5, 5.41) is 11.1. The molecule has 6 rings (SSSR count). The third kappa shape index (κ3) is 4.53. The molecule has 0 atom stereocenters. The van der Waals surface area contributed by atoms with Crippen molar-refractivity contribution in [3.8, 4) is 0 Å². The molecular formula is C40H52S2Si2. The second kappa shape index (κ2) is 11.4. The van der Waals surface area contributed by atoms with Gasteiger partial charge in [0.15, 0.2) is 0 Å². The van der Waals surface area contributed by atoms with E-state index in [2.05, 4.69) is 166 Å². The Hall–Kier alpha value is -1.99. The van der Waals surface area contributed by atoms with Crippen LogP contribution >= 0.6 is 22.7 Å². The van der Waals surface area contributed by atoms with Crippen LogP contribution in [-0.2, 0) is 0 Å². The van der Waals surface area contributed by atoms with Crippen LogP contribution in [-0.4, -0.2) is 16.1 Å². The molecule has 0 bridgehead atoms. The highest BCUT2D eigenvalue weighted by molar-refractivity contribution is 7.33. The molecule has 0 N–H and O–H groups in total. The summed E-state index contributed by atoms with van der Waals surface area (Å²) in [4.78, 5) is 0. The number of hydrogen-bond donors (Lipinski definition) is 0. The van der Waals surface area contributed by atoms with Gasteiger partial charge in [0.05, 0.1) is 0 Å². The van der Waals surface area contributed by atoms with Crippen LogP contribution in [0, 0.1) is 0 Å². The number of fused-ring (bicyclic) bond motifs is 7. The molecule has 0 amide bonds. The zero-order valence-corrected chi connectivity index (χ0v) is 32.7. The average Bonchev–Trinajstić information content (AvgIpc) is 3.53. The van der Waals surface area contributed by atoms with Gasteiger partial charge in [-0.1, -0.05) is 107 Å². The third-order valence-electron chi connectivity index (χ3n) is 11.7. The Morgan fingerprint density at radius 1 is 0.364 bits per heavy atom. The van der Waals surface area contributed by atoms with Gasteiger partial charge in [-0.3, -0.25) is 0 Å². The molecule has 0 unspecified atom stereocenters. The summed E-state index contributed by atoms with van der Waals surface area (Å²) in [6, 6.07) is 24.7. The van der Waals surface area contributed by atoms with Gasteiger partial charge >= 0.3 is 0 Å². The van der Waals surface area contributed by atoms with E-state index in [1.54, 1.807) is 9.00 Å². The summed E-state index contributed by atoms with van der Waals surface area (Å²) in [6.45, 7) is 29.8. The molecular weight excluding hydrogens is 601 g/mol. The molecule has 0 saturated heterocycles. The number of hydrogen-bond acceptors (Lipinski definition) is 2. The molecule has 0 spiro atoms. The molecule has 2 heterocycles. The van der Waals surface area contributed by atoms with Gasteiger partial charge in [-0.2, -0.15) is 0 Å². The minimum atomic E-state index is -1.69. The second-order valence-corrected chi connectivity index (χ2v) is 30.1. The van der Waals surface area contributed by atoms with Crippen molar-refractivity contribution >= 4 is 100 Å². The summed E-state index contributed by atoms with van der Waals surface area (Å²) < 4.78 is 6.29. The van der Waals surface area contributed by atoms with Crippen LogP contribution in [0.1, 0.15) is 83.1 Å². The second-order valence-electron chi connectivity index (χ2n) is 15.5. The van der Waals surface area contributed by atoms with Gasteiger partial charge in [-0.05, 0) is 122 Å². The minimum absolute atomic E-state index is 0.723. The van der Waals surface area contributed by atoms with Gasteiger partial charge in [0.1, 0.15) is 16.1 Å². The number of rotatable bonds is 8. The molecule has 6 aromatic rings. The topological polar surface area (TPSA) is 0 Å². The zero-order valence-electron chi connectivity index (χ0n) is 29.1. The van der Waals surface area contributed by atoms with E-state index in [9.17, 15) is 0 Å². The molecule has 2 aromatic heterocycles. The van der Waals surface area contributed by atoms with Crippen LogP contribution in [0.4, 0.5) is 0 Å². The molecule has 0 aliphatic rings. The van der Waals surface area contributed by atoms with Crippen molar-refractivity contribution < 1.29 is 0 Å². The van der Waals surface area contributed by atoms with E-state index < -0.39 is 16.1 Å². The Labute approximate surface area is 275 Å². The lowest BCUT2D eigenvalue weighted by molar-refractivity contribution is 0.837. The molecule has 4 heteroatoms. The van der Waals surface area contributed by atoms with E-state index in [4.69, 9.17) is 0 Å². The molecule has 4 aromatic carbocycles. The molecule has 0 aliphatic carbocycles. The minimum Gasteiger partial charge on any atom is -0.145 e. The monoisotopic (exact) mass is 652 g/mol. The molecule has 0 radical (unpaired) electrons. The first-order chi connectivity index (χ1) is 20.7. The van der Waals surface area contributed by atoms with E-state index in [0.717, 1.165) is 33.2 Å². The van der Waals surface area contributed by atoms with Crippen LogP contribution in [0.3, 0.4) is 0 Å². The lowest BCUT2D eigenvalue weighted by Crippen LogP contribution is -2.54. The maximum absolute atomic E-state index is 2.59. The quantitative estimate of drug-likeness (QED) is 0.113. The average molecular weight is 653 g/mol. The van der Waals surface area contributed by atoms with E-state index in [1.165, 1.54) is 52.5 Å². The standard InChI is InChI=1S/C40H52S2Si2/c1-23(2)43(24(3)4,25(5)6)39-21-31-17-35-29(19-37(31)41-39)13-15-34-33(35)16-14-30-20-38-32(18-36(30)34)22-40(42-38)44(26(7)8,27(9)10)28(11)12/h13-28H,1-12H3. The van der Waals surface area contributed by atoms with Gasteiger partial charge < -0.3 is 0 Å². The van der Waals surface area contributed by atoms with Crippen molar-refractivity contribution in [2.75, 3.05) is 0 Å². The largest absolute Gasteiger partial charge is 0.145 e. The molecule has 0 saturated carbocycles. The first kappa shape index (κ1) is 32.0. The summed E-state index contributed by atoms with van der Waals surface area (Å²) in [7, 11) is -3.38.